The van der Waals surface area contributed by atoms with Gasteiger partial charge in [0.05, 0.1) is 6.54 Å². The number of hydrogen-bond acceptors (Lipinski definition) is 4. The van der Waals surface area contributed by atoms with Gasteiger partial charge < -0.3 is 14.5 Å². The molecular weight excluding hydrogens is 354 g/mol. The monoisotopic (exact) mass is 379 g/mol. The van der Waals surface area contributed by atoms with Crippen molar-refractivity contribution in [3.63, 3.8) is 0 Å². The third kappa shape index (κ3) is 3.87. The molecular formula is C22H25N3O3. The molecule has 2 amide bonds. The normalized spacial score (nSPS) is 17.7. The van der Waals surface area contributed by atoms with Crippen LogP contribution < -0.4 is 9.64 Å². The molecule has 2 aliphatic rings. The molecule has 0 saturated carbocycles. The summed E-state index contributed by atoms with van der Waals surface area (Å²) in [4.78, 5) is 31.0. The number of anilines is 1. The molecule has 146 valence electrons. The zero-order chi connectivity index (χ0) is 19.5. The summed E-state index contributed by atoms with van der Waals surface area (Å²) in [7, 11) is 0. The van der Waals surface area contributed by atoms with Gasteiger partial charge in [-0.25, -0.2) is 0 Å². The minimum Gasteiger partial charge on any atom is -0.492 e. The van der Waals surface area contributed by atoms with E-state index in [9.17, 15) is 9.59 Å². The molecule has 1 saturated heterocycles. The number of benzene rings is 2. The van der Waals surface area contributed by atoms with Crippen LogP contribution >= 0.6 is 0 Å². The van der Waals surface area contributed by atoms with Crippen LogP contribution in [0.3, 0.4) is 0 Å². The molecule has 0 atom stereocenters. The number of nitrogens with zero attached hydrogens (tertiary/aromatic N) is 3. The van der Waals surface area contributed by atoms with Crippen molar-refractivity contribution >= 4 is 17.5 Å². The van der Waals surface area contributed by atoms with E-state index in [0.717, 1.165) is 22.6 Å². The second-order valence-electron chi connectivity index (χ2n) is 7.31. The maximum Gasteiger partial charge on any atom is 0.246 e. The van der Waals surface area contributed by atoms with Gasteiger partial charge in [0.1, 0.15) is 18.9 Å². The lowest BCUT2D eigenvalue weighted by molar-refractivity contribution is -0.137. The van der Waals surface area contributed by atoms with E-state index in [4.69, 9.17) is 4.74 Å². The number of ether oxygens (including phenoxy) is 1. The zero-order valence-electron chi connectivity index (χ0n) is 16.1. The number of amides is 2. The topological polar surface area (TPSA) is 53.1 Å². The van der Waals surface area contributed by atoms with E-state index >= 15 is 0 Å². The summed E-state index contributed by atoms with van der Waals surface area (Å²) >= 11 is 0. The van der Waals surface area contributed by atoms with E-state index in [1.165, 1.54) is 0 Å². The van der Waals surface area contributed by atoms with Crippen molar-refractivity contribution in [3.8, 4) is 5.75 Å². The van der Waals surface area contributed by atoms with E-state index in [1.54, 1.807) is 9.80 Å². The minimum atomic E-state index is -0.0292. The molecule has 2 heterocycles. The molecule has 6 heteroatoms. The van der Waals surface area contributed by atoms with Gasteiger partial charge in [-0.05, 0) is 24.6 Å². The fourth-order valence-electron chi connectivity index (χ4n) is 3.81. The van der Waals surface area contributed by atoms with Crippen molar-refractivity contribution in [2.45, 2.75) is 13.5 Å². The Balaban J connectivity index is 1.38. The molecule has 0 spiro atoms. The van der Waals surface area contributed by atoms with Gasteiger partial charge in [-0.3, -0.25) is 14.5 Å². The lowest BCUT2D eigenvalue weighted by Crippen LogP contribution is -2.54. The largest absolute Gasteiger partial charge is 0.492 e. The van der Waals surface area contributed by atoms with E-state index < -0.39 is 0 Å². The summed E-state index contributed by atoms with van der Waals surface area (Å²) < 4.78 is 5.77. The number of rotatable bonds is 3. The Morgan fingerprint density at radius 2 is 1.79 bits per heavy atom. The molecule has 0 radical (unpaired) electrons. The van der Waals surface area contributed by atoms with Gasteiger partial charge in [0.15, 0.2) is 0 Å². The molecule has 0 aromatic heterocycles. The first-order valence-electron chi connectivity index (χ1n) is 9.68. The molecule has 0 bridgehead atoms. The predicted molar refractivity (Wildman–Crippen MR) is 107 cm³/mol. The Labute approximate surface area is 165 Å². The van der Waals surface area contributed by atoms with Gasteiger partial charge >= 0.3 is 0 Å². The highest BCUT2D eigenvalue weighted by molar-refractivity contribution is 5.98. The SMILES string of the molecule is Cc1ccccc1N1CCN(C(=O)CN2CCOc3ccccc3C2)CC1=O. The van der Waals surface area contributed by atoms with Crippen molar-refractivity contribution in [1.29, 1.82) is 0 Å². The van der Waals surface area contributed by atoms with Crippen molar-refractivity contribution < 1.29 is 14.3 Å². The van der Waals surface area contributed by atoms with Crippen LogP contribution in [0.5, 0.6) is 5.75 Å². The summed E-state index contributed by atoms with van der Waals surface area (Å²) in [6, 6.07) is 15.8. The Bertz CT molecular complexity index is 883. The second kappa shape index (κ2) is 8.02. The first-order chi connectivity index (χ1) is 13.6. The fourth-order valence-corrected chi connectivity index (χ4v) is 3.81. The van der Waals surface area contributed by atoms with Crippen LogP contribution in [0.1, 0.15) is 11.1 Å². The molecule has 4 rings (SSSR count). The van der Waals surface area contributed by atoms with Gasteiger partial charge in [-0.1, -0.05) is 36.4 Å². The van der Waals surface area contributed by atoms with E-state index in [1.807, 2.05) is 55.5 Å². The van der Waals surface area contributed by atoms with E-state index in [0.29, 0.717) is 39.3 Å². The third-order valence-electron chi connectivity index (χ3n) is 5.37. The quantitative estimate of drug-likeness (QED) is 0.819. The number of para-hydroxylation sites is 2. The number of fused-ring (bicyclic) bond motifs is 1. The fraction of sp³-hybridized carbons (Fsp3) is 0.364. The average molecular weight is 379 g/mol. The number of carbonyl (C=O) groups is 2. The van der Waals surface area contributed by atoms with Gasteiger partial charge in [0, 0.05) is 37.4 Å². The molecule has 2 aliphatic heterocycles. The first-order valence-corrected chi connectivity index (χ1v) is 9.68. The molecule has 2 aromatic rings. The number of carbonyl (C=O) groups excluding carboxylic acids is 2. The highest BCUT2D eigenvalue weighted by Gasteiger charge is 2.29. The summed E-state index contributed by atoms with van der Waals surface area (Å²) in [5, 5.41) is 0. The van der Waals surface area contributed by atoms with Crippen LogP contribution in [0, 0.1) is 6.92 Å². The average Bonchev–Trinajstić information content (AvgIpc) is 2.90. The molecule has 0 aliphatic carbocycles. The number of aryl methyl sites for hydroxylation is 1. The van der Waals surface area contributed by atoms with Gasteiger partial charge in [0.25, 0.3) is 0 Å². The Morgan fingerprint density at radius 1 is 1.00 bits per heavy atom. The highest BCUT2D eigenvalue weighted by Crippen LogP contribution is 2.23. The molecule has 6 nitrogen and oxygen atoms in total. The van der Waals surface area contributed by atoms with Crippen molar-refractivity contribution in [1.82, 2.24) is 9.80 Å². The first kappa shape index (κ1) is 18.5. The lowest BCUT2D eigenvalue weighted by atomic mass is 10.1. The Hall–Kier alpha value is -2.86. The van der Waals surface area contributed by atoms with Crippen molar-refractivity contribution in [2.75, 3.05) is 44.2 Å². The maximum atomic E-state index is 12.8. The van der Waals surface area contributed by atoms with Crippen LogP contribution in [-0.2, 0) is 16.1 Å². The highest BCUT2D eigenvalue weighted by atomic mass is 16.5. The van der Waals surface area contributed by atoms with Gasteiger partial charge in [-0.2, -0.15) is 0 Å². The van der Waals surface area contributed by atoms with Crippen LogP contribution in [0.4, 0.5) is 5.69 Å². The number of piperazine rings is 1. The van der Waals surface area contributed by atoms with Gasteiger partial charge in [-0.15, -0.1) is 0 Å². The molecule has 28 heavy (non-hydrogen) atoms. The maximum absolute atomic E-state index is 12.8. The van der Waals surface area contributed by atoms with Crippen LogP contribution in [0.15, 0.2) is 48.5 Å². The summed E-state index contributed by atoms with van der Waals surface area (Å²) in [5.41, 5.74) is 3.09. The minimum absolute atomic E-state index is 0.00263. The number of hydrogen-bond donors (Lipinski definition) is 0. The summed E-state index contributed by atoms with van der Waals surface area (Å²) in [6.07, 6.45) is 0. The standard InChI is InChI=1S/C22H25N3O3/c1-17-6-2-4-8-19(17)25-11-10-24(16-22(25)27)21(26)15-23-12-13-28-20-9-5-3-7-18(20)14-23/h2-9H,10-16H2,1H3. The lowest BCUT2D eigenvalue weighted by Gasteiger charge is -2.35. The third-order valence-corrected chi connectivity index (χ3v) is 5.37. The molecule has 2 aromatic carbocycles. The molecule has 1 fully saturated rings. The van der Waals surface area contributed by atoms with Crippen molar-refractivity contribution in [3.05, 3.63) is 59.7 Å². The van der Waals surface area contributed by atoms with Gasteiger partial charge in [0.2, 0.25) is 11.8 Å². The van der Waals surface area contributed by atoms with E-state index in [-0.39, 0.29) is 18.4 Å². The van der Waals surface area contributed by atoms with E-state index in [2.05, 4.69) is 4.90 Å². The zero-order valence-corrected chi connectivity index (χ0v) is 16.1. The predicted octanol–water partition coefficient (Wildman–Crippen LogP) is 2.06. The summed E-state index contributed by atoms with van der Waals surface area (Å²) in [5.74, 6) is 0.857. The van der Waals surface area contributed by atoms with Crippen molar-refractivity contribution in [2.24, 2.45) is 0 Å². The Morgan fingerprint density at radius 3 is 2.61 bits per heavy atom. The van der Waals surface area contributed by atoms with Crippen LogP contribution in [0.25, 0.3) is 0 Å². The smallest absolute Gasteiger partial charge is 0.246 e. The van der Waals surface area contributed by atoms with Crippen LogP contribution in [-0.4, -0.2) is 60.9 Å². The summed E-state index contributed by atoms with van der Waals surface area (Å²) in [6.45, 7) is 5.45. The molecule has 0 unspecified atom stereocenters. The Kier molecular flexibility index (Phi) is 5.30. The second-order valence-corrected chi connectivity index (χ2v) is 7.31. The molecule has 0 N–H and O–H groups in total. The van der Waals surface area contributed by atoms with Crippen LogP contribution in [0.2, 0.25) is 0 Å².